The second kappa shape index (κ2) is 6.91. The van der Waals surface area contributed by atoms with Crippen molar-refractivity contribution in [3.05, 3.63) is 0 Å². The van der Waals surface area contributed by atoms with Crippen molar-refractivity contribution in [2.75, 3.05) is 0 Å². The van der Waals surface area contributed by atoms with E-state index >= 15 is 0 Å². The van der Waals surface area contributed by atoms with E-state index in [0.29, 0.717) is 6.29 Å². The third-order valence-corrected chi connectivity index (χ3v) is 3.15. The summed E-state index contributed by atoms with van der Waals surface area (Å²) in [7, 11) is 2.43. The van der Waals surface area contributed by atoms with Gasteiger partial charge >= 0.3 is 0 Å². The first-order valence-corrected chi connectivity index (χ1v) is 7.05. The molecule has 1 amide bonds. The lowest BCUT2D eigenvalue weighted by atomic mass is 9.91. The Labute approximate surface area is 120 Å². The Morgan fingerprint density at radius 3 is 2.70 bits per heavy atom. The van der Waals surface area contributed by atoms with E-state index in [-0.39, 0.29) is 18.2 Å². The Morgan fingerprint density at radius 2 is 2.25 bits per heavy atom. The van der Waals surface area contributed by atoms with Crippen LogP contribution in [0.15, 0.2) is 0 Å². The van der Waals surface area contributed by atoms with E-state index in [1.807, 2.05) is 0 Å². The predicted octanol–water partition coefficient (Wildman–Crippen LogP) is -0.845. The second-order valence-corrected chi connectivity index (χ2v) is 6.10. The molecular formula is C12H22NO6P. The van der Waals surface area contributed by atoms with Crippen LogP contribution in [0.2, 0.25) is 0 Å². The van der Waals surface area contributed by atoms with Crippen LogP contribution >= 0.6 is 9.24 Å². The van der Waals surface area contributed by atoms with E-state index in [1.54, 1.807) is 13.8 Å². The molecule has 7 nitrogen and oxygen atoms in total. The lowest BCUT2D eigenvalue weighted by Gasteiger charge is -2.46. The summed E-state index contributed by atoms with van der Waals surface area (Å²) in [5.74, 6) is -1.77. The van der Waals surface area contributed by atoms with Crippen LogP contribution in [0.3, 0.4) is 0 Å². The smallest absolute Gasteiger partial charge is 0.217 e. The summed E-state index contributed by atoms with van der Waals surface area (Å²) >= 11 is 0. The van der Waals surface area contributed by atoms with Gasteiger partial charge in [-0.3, -0.25) is 4.79 Å². The molecule has 0 bridgehead atoms. The van der Waals surface area contributed by atoms with E-state index < -0.39 is 30.1 Å². The van der Waals surface area contributed by atoms with Gasteiger partial charge in [0.2, 0.25) is 5.91 Å². The van der Waals surface area contributed by atoms with Crippen LogP contribution in [-0.4, -0.2) is 58.4 Å². The van der Waals surface area contributed by atoms with Gasteiger partial charge in [0.15, 0.2) is 12.1 Å². The summed E-state index contributed by atoms with van der Waals surface area (Å²) in [6, 6.07) is -0.871. The maximum Gasteiger partial charge on any atom is 0.217 e. The number of aldehydes is 1. The first-order chi connectivity index (χ1) is 9.18. The average Bonchev–Trinajstić information content (AvgIpc) is 2.29. The minimum absolute atomic E-state index is 0.110. The summed E-state index contributed by atoms with van der Waals surface area (Å²) in [4.78, 5) is 22.0. The summed E-state index contributed by atoms with van der Waals surface area (Å²) in [5, 5.41) is 22.4. The second-order valence-electron chi connectivity index (χ2n) is 5.16. The van der Waals surface area contributed by atoms with E-state index in [4.69, 9.17) is 9.47 Å². The van der Waals surface area contributed by atoms with Crippen molar-refractivity contribution in [2.45, 2.75) is 63.2 Å². The molecule has 0 aromatic heterocycles. The number of ether oxygens (including phenoxy) is 2. The van der Waals surface area contributed by atoms with Gasteiger partial charge < -0.3 is 29.8 Å². The molecule has 0 saturated carbocycles. The molecule has 20 heavy (non-hydrogen) atoms. The van der Waals surface area contributed by atoms with Gasteiger partial charge in [-0.05, 0) is 13.8 Å². The molecule has 1 rings (SSSR count). The lowest BCUT2D eigenvalue weighted by Crippen LogP contribution is -2.64. The average molecular weight is 307 g/mol. The zero-order valence-electron chi connectivity index (χ0n) is 11.8. The van der Waals surface area contributed by atoms with Gasteiger partial charge in [0.05, 0.1) is 18.0 Å². The Bertz CT molecular complexity index is 366. The van der Waals surface area contributed by atoms with Crippen molar-refractivity contribution in [2.24, 2.45) is 0 Å². The molecule has 3 N–H and O–H groups in total. The van der Waals surface area contributed by atoms with Crippen LogP contribution in [0.4, 0.5) is 0 Å². The van der Waals surface area contributed by atoms with Gasteiger partial charge in [-0.1, -0.05) is 0 Å². The number of aliphatic hydroxyl groups is 2. The number of carbonyl (C=O) groups is 2. The van der Waals surface area contributed by atoms with Crippen LogP contribution in [-0.2, 0) is 19.1 Å². The molecule has 1 saturated heterocycles. The molecule has 7 unspecified atom stereocenters. The minimum atomic E-state index is -1.47. The zero-order chi connectivity index (χ0) is 15.5. The van der Waals surface area contributed by atoms with Gasteiger partial charge in [0.1, 0.15) is 12.2 Å². The van der Waals surface area contributed by atoms with Gasteiger partial charge in [0.25, 0.3) is 0 Å². The number of hydrogen-bond acceptors (Lipinski definition) is 6. The quantitative estimate of drug-likeness (QED) is 0.451. The van der Waals surface area contributed by atoms with Gasteiger partial charge in [-0.2, -0.15) is 0 Å². The number of aliphatic hydroxyl groups excluding tert-OH is 2. The third kappa shape index (κ3) is 4.46. The fourth-order valence-electron chi connectivity index (χ4n) is 2.38. The Kier molecular flexibility index (Phi) is 6.04. The van der Waals surface area contributed by atoms with Crippen molar-refractivity contribution < 1.29 is 29.3 Å². The summed E-state index contributed by atoms with van der Waals surface area (Å²) < 4.78 is 11.2. The van der Waals surface area contributed by atoms with Crippen LogP contribution < -0.4 is 5.32 Å². The number of amides is 1. The third-order valence-electron chi connectivity index (χ3n) is 3.01. The van der Waals surface area contributed by atoms with Crippen LogP contribution in [0, 0.1) is 0 Å². The van der Waals surface area contributed by atoms with E-state index in [1.165, 1.54) is 6.92 Å². The van der Waals surface area contributed by atoms with Crippen LogP contribution in [0.5, 0.6) is 0 Å². The molecular weight excluding hydrogens is 285 g/mol. The molecule has 0 aromatic carbocycles. The van der Waals surface area contributed by atoms with Crippen molar-refractivity contribution in [3.8, 4) is 0 Å². The van der Waals surface area contributed by atoms with E-state index in [2.05, 4.69) is 14.6 Å². The Balaban J connectivity index is 2.95. The number of rotatable bonds is 5. The first kappa shape index (κ1) is 17.5. The van der Waals surface area contributed by atoms with Crippen molar-refractivity contribution in [1.82, 2.24) is 5.32 Å². The Morgan fingerprint density at radius 1 is 1.65 bits per heavy atom. The molecule has 1 aliphatic heterocycles. The summed E-state index contributed by atoms with van der Waals surface area (Å²) in [5.41, 5.74) is 0. The fraction of sp³-hybridized carbons (Fsp3) is 0.833. The summed E-state index contributed by atoms with van der Waals surface area (Å²) in [6.07, 6.45) is -3.12. The molecule has 8 heteroatoms. The molecule has 0 radical (unpaired) electrons. The number of nitrogens with one attached hydrogen (secondary N) is 1. The highest BCUT2D eigenvalue weighted by Crippen LogP contribution is 2.33. The van der Waals surface area contributed by atoms with Gasteiger partial charge in [-0.25, -0.2) is 0 Å². The predicted molar refractivity (Wildman–Crippen MR) is 73.8 cm³/mol. The van der Waals surface area contributed by atoms with E-state index in [0.717, 1.165) is 0 Å². The van der Waals surface area contributed by atoms with Crippen LogP contribution in [0.1, 0.15) is 27.2 Å². The molecule has 0 spiro atoms. The molecule has 0 aliphatic carbocycles. The van der Waals surface area contributed by atoms with Crippen molar-refractivity contribution in [1.29, 1.82) is 0 Å². The maximum absolute atomic E-state index is 11.2. The highest BCUT2D eigenvalue weighted by Gasteiger charge is 2.48. The highest BCUT2D eigenvalue weighted by molar-refractivity contribution is 7.17. The van der Waals surface area contributed by atoms with Crippen molar-refractivity contribution in [3.63, 3.8) is 0 Å². The molecule has 0 aromatic rings. The van der Waals surface area contributed by atoms with E-state index in [9.17, 15) is 19.8 Å². The molecule has 1 fully saturated rings. The van der Waals surface area contributed by atoms with Crippen LogP contribution in [0.25, 0.3) is 0 Å². The zero-order valence-corrected chi connectivity index (χ0v) is 12.9. The number of hydrogen-bond donors (Lipinski definition) is 3. The lowest BCUT2D eigenvalue weighted by molar-refractivity contribution is -0.305. The van der Waals surface area contributed by atoms with Gasteiger partial charge in [0, 0.05) is 13.3 Å². The number of carbonyl (C=O) groups excluding carboxylic acids is 2. The van der Waals surface area contributed by atoms with Crippen molar-refractivity contribution >= 4 is 21.4 Å². The standard InChI is InChI=1S/C12H22NO6P/c1-6(15)13-10-8(16)4-12(3,18-7(2)20)19-11(10)9(17)5-14/h5,7-11,16-17H,4,20H2,1-3H3,(H,13,15). The fourth-order valence-corrected chi connectivity index (χ4v) is 2.66. The first-order valence-electron chi connectivity index (χ1n) is 6.38. The molecule has 1 aliphatic rings. The SMILES string of the molecule is CC(=O)NC1C(O)CC(C)(OC(C)P)OC1C(O)C=O. The highest BCUT2D eigenvalue weighted by atomic mass is 31.0. The maximum atomic E-state index is 11.2. The monoisotopic (exact) mass is 307 g/mol. The molecule has 1 heterocycles. The van der Waals surface area contributed by atoms with Gasteiger partial charge in [-0.15, -0.1) is 9.24 Å². The summed E-state index contributed by atoms with van der Waals surface area (Å²) in [6.45, 7) is 4.67. The molecule has 7 atom stereocenters. The Hall–Kier alpha value is -0.590. The normalized spacial score (nSPS) is 37.0. The topological polar surface area (TPSA) is 105 Å². The molecule has 116 valence electrons. The largest absolute Gasteiger partial charge is 0.391 e. The minimum Gasteiger partial charge on any atom is -0.391 e.